The monoisotopic (exact) mass is 334 g/mol. The van der Waals surface area contributed by atoms with Gasteiger partial charge in [0.15, 0.2) is 0 Å². The van der Waals surface area contributed by atoms with Crippen LogP contribution in [0.25, 0.3) is 22.8 Å². The normalized spacial score (nSPS) is 11.2. The second-order valence-corrected chi connectivity index (χ2v) is 6.00. The Hall–Kier alpha value is -3.08. The number of aryl methyl sites for hydroxylation is 2. The molecule has 5 nitrogen and oxygen atoms in total. The Bertz CT molecular complexity index is 924. The van der Waals surface area contributed by atoms with Gasteiger partial charge < -0.3 is 13.9 Å². The maximum atomic E-state index is 9.32. The van der Waals surface area contributed by atoms with Crippen molar-refractivity contribution in [2.24, 2.45) is 0 Å². The van der Waals surface area contributed by atoms with Gasteiger partial charge in [-0.1, -0.05) is 12.1 Å². The van der Waals surface area contributed by atoms with Crippen molar-refractivity contribution in [1.29, 1.82) is 0 Å². The van der Waals surface area contributed by atoms with Crippen LogP contribution in [0.5, 0.6) is 5.75 Å². The van der Waals surface area contributed by atoms with Crippen LogP contribution in [0.2, 0.25) is 0 Å². The Morgan fingerprint density at radius 3 is 2.44 bits per heavy atom. The Kier molecular flexibility index (Phi) is 4.21. The first-order valence-corrected chi connectivity index (χ1v) is 8.37. The number of unbranched alkanes of at least 4 members (excludes halogenated alkanes) is 1. The van der Waals surface area contributed by atoms with Gasteiger partial charge in [-0.05, 0) is 55.3 Å². The van der Waals surface area contributed by atoms with Crippen molar-refractivity contribution < 1.29 is 13.9 Å². The first-order chi connectivity index (χ1) is 12.3. The highest BCUT2D eigenvalue weighted by atomic mass is 16.4. The second-order valence-electron chi connectivity index (χ2n) is 6.00. The summed E-state index contributed by atoms with van der Waals surface area (Å²) in [6, 6.07) is 16.9. The smallest absolute Gasteiger partial charge is 0.247 e. The van der Waals surface area contributed by atoms with Crippen LogP contribution in [-0.4, -0.2) is 15.3 Å². The highest BCUT2D eigenvalue weighted by molar-refractivity contribution is 5.59. The number of nitrogens with zero attached hydrogens (tertiary/aromatic N) is 2. The number of fused-ring (bicyclic) bond motifs is 1. The maximum absolute atomic E-state index is 9.32. The van der Waals surface area contributed by atoms with E-state index in [0.717, 1.165) is 48.3 Å². The Labute approximate surface area is 145 Å². The molecule has 0 amide bonds. The molecule has 25 heavy (non-hydrogen) atoms. The van der Waals surface area contributed by atoms with Crippen molar-refractivity contribution in [2.75, 3.05) is 0 Å². The van der Waals surface area contributed by atoms with Crippen LogP contribution < -0.4 is 0 Å². The highest BCUT2D eigenvalue weighted by Gasteiger charge is 2.09. The van der Waals surface area contributed by atoms with E-state index in [1.54, 1.807) is 24.3 Å². The van der Waals surface area contributed by atoms with E-state index in [0.29, 0.717) is 11.8 Å². The molecule has 0 bridgehead atoms. The summed E-state index contributed by atoms with van der Waals surface area (Å²) in [5, 5.41) is 17.5. The summed E-state index contributed by atoms with van der Waals surface area (Å²) in [5.41, 5.74) is 1.94. The number of hydrogen-bond acceptors (Lipinski definition) is 5. The molecule has 5 heteroatoms. The van der Waals surface area contributed by atoms with Crippen LogP contribution in [0, 0.1) is 0 Å². The summed E-state index contributed by atoms with van der Waals surface area (Å²) in [7, 11) is 0. The molecule has 0 unspecified atom stereocenters. The van der Waals surface area contributed by atoms with Crippen LogP contribution in [0.3, 0.4) is 0 Å². The molecule has 0 atom stereocenters. The molecule has 0 saturated heterocycles. The Balaban J connectivity index is 1.30. The summed E-state index contributed by atoms with van der Waals surface area (Å²) in [6.07, 6.45) is 3.57. The molecule has 1 aromatic carbocycles. The van der Waals surface area contributed by atoms with E-state index < -0.39 is 0 Å². The quantitative estimate of drug-likeness (QED) is 0.517. The molecule has 2 heterocycles. The van der Waals surface area contributed by atoms with Crippen LogP contribution in [-0.2, 0) is 12.8 Å². The fraction of sp³-hybridized carbons (Fsp3) is 0.200. The average Bonchev–Trinajstić information content (AvgIpc) is 3.28. The zero-order valence-electron chi connectivity index (χ0n) is 13.7. The molecule has 126 valence electrons. The molecule has 1 aliphatic heterocycles. The second kappa shape index (κ2) is 6.81. The van der Waals surface area contributed by atoms with Crippen LogP contribution >= 0.6 is 0 Å². The zero-order valence-corrected chi connectivity index (χ0v) is 13.7. The average molecular weight is 334 g/mol. The lowest BCUT2D eigenvalue weighted by Gasteiger charge is -2.03. The number of phenolic OH excluding ortho intramolecular Hbond substituents is 1. The highest BCUT2D eigenvalue weighted by Crippen LogP contribution is 2.25. The van der Waals surface area contributed by atoms with Crippen molar-refractivity contribution in [3.63, 3.8) is 0 Å². The molecule has 0 saturated carbocycles. The van der Waals surface area contributed by atoms with Gasteiger partial charge in [0.1, 0.15) is 17.3 Å². The van der Waals surface area contributed by atoms with Gasteiger partial charge in [0, 0.05) is 24.0 Å². The van der Waals surface area contributed by atoms with E-state index >= 15 is 0 Å². The molecule has 1 N–H and O–H groups in total. The first kappa shape index (κ1) is 15.4. The standard InChI is InChI=1S/C20H18N2O3/c23-16-11-8-15(9-12-16)20-22-21-19(25-20)7-2-1-5-17-13-10-14-4-3-6-18(14)24-17/h3-4,6,8-13,23H,1-2,5,7H2. The fourth-order valence-electron chi connectivity index (χ4n) is 2.79. The lowest BCUT2D eigenvalue weighted by Crippen LogP contribution is -1.90. The van der Waals surface area contributed by atoms with Crippen molar-refractivity contribution in [1.82, 2.24) is 10.2 Å². The molecular formula is C20H18N2O3. The molecular weight excluding hydrogens is 316 g/mol. The minimum atomic E-state index is 0.217. The minimum Gasteiger partial charge on any atom is -0.508 e. The minimum absolute atomic E-state index is 0.217. The summed E-state index contributed by atoms with van der Waals surface area (Å²) in [4.78, 5) is 0. The van der Waals surface area contributed by atoms with Crippen molar-refractivity contribution in [2.45, 2.75) is 25.7 Å². The van der Waals surface area contributed by atoms with Crippen molar-refractivity contribution in [3.05, 3.63) is 66.2 Å². The molecule has 2 aliphatic rings. The third kappa shape index (κ3) is 3.55. The molecule has 4 rings (SSSR count). The molecule has 0 spiro atoms. The lowest BCUT2D eigenvalue weighted by atomic mass is 10.1. The van der Waals surface area contributed by atoms with E-state index in [2.05, 4.69) is 16.3 Å². The molecule has 1 aromatic heterocycles. The number of hydrogen-bond donors (Lipinski definition) is 1. The summed E-state index contributed by atoms with van der Waals surface area (Å²) < 4.78 is 11.5. The van der Waals surface area contributed by atoms with Gasteiger partial charge in [-0.25, -0.2) is 0 Å². The van der Waals surface area contributed by atoms with Gasteiger partial charge in [-0.3, -0.25) is 0 Å². The van der Waals surface area contributed by atoms with Gasteiger partial charge >= 0.3 is 0 Å². The van der Waals surface area contributed by atoms with E-state index in [-0.39, 0.29) is 5.75 Å². The third-order valence-corrected chi connectivity index (χ3v) is 4.14. The number of benzene rings is 1. The van der Waals surface area contributed by atoms with Gasteiger partial charge in [0.25, 0.3) is 0 Å². The Morgan fingerprint density at radius 2 is 1.56 bits per heavy atom. The predicted molar refractivity (Wildman–Crippen MR) is 93.4 cm³/mol. The number of aromatic nitrogens is 2. The van der Waals surface area contributed by atoms with Crippen LogP contribution in [0.4, 0.5) is 0 Å². The molecule has 0 fully saturated rings. The fourth-order valence-corrected chi connectivity index (χ4v) is 2.79. The topological polar surface area (TPSA) is 72.3 Å². The van der Waals surface area contributed by atoms with Crippen molar-refractivity contribution in [3.8, 4) is 28.5 Å². The largest absolute Gasteiger partial charge is 0.508 e. The van der Waals surface area contributed by atoms with Gasteiger partial charge in [-0.15, -0.1) is 10.2 Å². The van der Waals surface area contributed by atoms with Crippen LogP contribution in [0.15, 0.2) is 63.4 Å². The molecule has 2 aromatic rings. The molecule has 0 radical (unpaired) electrons. The van der Waals surface area contributed by atoms with Gasteiger partial charge in [-0.2, -0.15) is 0 Å². The Morgan fingerprint density at radius 1 is 0.760 bits per heavy atom. The van der Waals surface area contributed by atoms with Crippen molar-refractivity contribution >= 4 is 0 Å². The van der Waals surface area contributed by atoms with Gasteiger partial charge in [0.2, 0.25) is 11.8 Å². The maximum Gasteiger partial charge on any atom is 0.247 e. The number of aromatic hydroxyl groups is 1. The van der Waals surface area contributed by atoms with E-state index in [1.807, 2.05) is 24.3 Å². The summed E-state index contributed by atoms with van der Waals surface area (Å²) in [5.74, 6) is 3.26. The van der Waals surface area contributed by atoms with E-state index in [1.165, 1.54) is 0 Å². The zero-order chi connectivity index (χ0) is 17.1. The third-order valence-electron chi connectivity index (χ3n) is 4.14. The van der Waals surface area contributed by atoms with Gasteiger partial charge in [0.05, 0.1) is 0 Å². The number of phenols is 1. The predicted octanol–water partition coefficient (Wildman–Crippen LogP) is 4.71. The summed E-state index contributed by atoms with van der Waals surface area (Å²) >= 11 is 0. The summed E-state index contributed by atoms with van der Waals surface area (Å²) in [6.45, 7) is 0. The first-order valence-electron chi connectivity index (χ1n) is 8.37. The lowest BCUT2D eigenvalue weighted by molar-refractivity contribution is 0.472. The van der Waals surface area contributed by atoms with E-state index in [9.17, 15) is 5.11 Å². The van der Waals surface area contributed by atoms with Crippen LogP contribution in [0.1, 0.15) is 24.5 Å². The molecule has 1 aliphatic carbocycles. The number of rotatable bonds is 6. The SMILES string of the molecule is Oc1ccc(-c2nnc(CCCCc3ccc4cccc-4o3)o2)cc1. The van der Waals surface area contributed by atoms with E-state index in [4.69, 9.17) is 8.83 Å².